The number of carbonyl (C=O) groups is 1. The fraction of sp³-hybridized carbons (Fsp3) is 0.364. The van der Waals surface area contributed by atoms with Crippen molar-refractivity contribution in [3.63, 3.8) is 0 Å². The Morgan fingerprint density at radius 2 is 1.93 bits per heavy atom. The van der Waals surface area contributed by atoms with E-state index in [1.54, 1.807) is 24.3 Å². The predicted octanol–water partition coefficient (Wildman–Crippen LogP) is 1.55. The normalized spacial score (nSPS) is 10.6. The molecule has 0 fully saturated rings. The minimum atomic E-state index is -0.934. The zero-order valence-electron chi connectivity index (χ0n) is 8.77. The van der Waals surface area contributed by atoms with E-state index in [0.717, 1.165) is 0 Å². The second-order valence-electron chi connectivity index (χ2n) is 3.07. The third-order valence-corrected chi connectivity index (χ3v) is 2.16. The Balaban J connectivity index is 2.88. The summed E-state index contributed by atoms with van der Waals surface area (Å²) in [6.45, 7) is 0. The Morgan fingerprint density at radius 1 is 1.33 bits per heavy atom. The number of methoxy groups -OCH3 is 2. The number of benzene rings is 1. The Hall–Kier alpha value is -1.39. The van der Waals surface area contributed by atoms with E-state index >= 15 is 0 Å². The van der Waals surface area contributed by atoms with E-state index in [1.807, 2.05) is 0 Å². The standard InChI is InChI=1S/C11H14O4/c1-14-10(15-2)7-8-5-3-4-6-9(8)11(12)13/h3-6,10H,7H2,1-2H3,(H,12,13). The second kappa shape index (κ2) is 5.48. The van der Waals surface area contributed by atoms with Gasteiger partial charge in [-0.25, -0.2) is 4.79 Å². The number of carboxylic acids is 1. The van der Waals surface area contributed by atoms with Crippen molar-refractivity contribution in [2.45, 2.75) is 12.7 Å². The van der Waals surface area contributed by atoms with Crippen molar-refractivity contribution in [1.82, 2.24) is 0 Å². The summed E-state index contributed by atoms with van der Waals surface area (Å²) in [6, 6.07) is 6.82. The van der Waals surface area contributed by atoms with Crippen LogP contribution >= 0.6 is 0 Å². The number of hydrogen-bond donors (Lipinski definition) is 1. The maximum atomic E-state index is 10.9. The van der Waals surface area contributed by atoms with Crippen molar-refractivity contribution in [1.29, 1.82) is 0 Å². The first-order valence-electron chi connectivity index (χ1n) is 4.55. The lowest BCUT2D eigenvalue weighted by molar-refractivity contribution is -0.100. The van der Waals surface area contributed by atoms with Gasteiger partial charge in [0.15, 0.2) is 6.29 Å². The van der Waals surface area contributed by atoms with Crippen LogP contribution in [-0.2, 0) is 15.9 Å². The Kier molecular flexibility index (Phi) is 4.27. The van der Waals surface area contributed by atoms with Crippen molar-refractivity contribution in [3.05, 3.63) is 35.4 Å². The molecule has 0 unspecified atom stereocenters. The molecule has 4 nitrogen and oxygen atoms in total. The monoisotopic (exact) mass is 210 g/mol. The van der Waals surface area contributed by atoms with Gasteiger partial charge in [0.2, 0.25) is 0 Å². The first-order valence-corrected chi connectivity index (χ1v) is 4.55. The summed E-state index contributed by atoms with van der Waals surface area (Å²) in [5.74, 6) is -0.934. The maximum absolute atomic E-state index is 10.9. The molecule has 15 heavy (non-hydrogen) atoms. The van der Waals surface area contributed by atoms with Crippen LogP contribution in [0.2, 0.25) is 0 Å². The van der Waals surface area contributed by atoms with Crippen LogP contribution in [0.5, 0.6) is 0 Å². The van der Waals surface area contributed by atoms with Crippen LogP contribution in [0.1, 0.15) is 15.9 Å². The zero-order chi connectivity index (χ0) is 11.3. The van der Waals surface area contributed by atoms with Gasteiger partial charge >= 0.3 is 5.97 Å². The van der Waals surface area contributed by atoms with Crippen LogP contribution in [0.3, 0.4) is 0 Å². The summed E-state index contributed by atoms with van der Waals surface area (Å²) in [7, 11) is 3.05. The van der Waals surface area contributed by atoms with Crippen molar-refractivity contribution in [2.75, 3.05) is 14.2 Å². The first-order chi connectivity index (χ1) is 7.19. The molecule has 1 N–H and O–H groups in total. The lowest BCUT2D eigenvalue weighted by Crippen LogP contribution is -2.18. The van der Waals surface area contributed by atoms with E-state index < -0.39 is 12.3 Å². The average molecular weight is 210 g/mol. The van der Waals surface area contributed by atoms with Crippen LogP contribution in [-0.4, -0.2) is 31.6 Å². The molecule has 0 amide bonds. The highest BCUT2D eigenvalue weighted by atomic mass is 16.7. The fourth-order valence-corrected chi connectivity index (χ4v) is 1.35. The van der Waals surface area contributed by atoms with E-state index in [2.05, 4.69) is 0 Å². The van der Waals surface area contributed by atoms with Gasteiger partial charge in [-0.15, -0.1) is 0 Å². The molecular weight excluding hydrogens is 196 g/mol. The third-order valence-electron chi connectivity index (χ3n) is 2.16. The molecule has 0 aliphatic rings. The van der Waals surface area contributed by atoms with Gasteiger partial charge in [-0.3, -0.25) is 0 Å². The van der Waals surface area contributed by atoms with Crippen molar-refractivity contribution >= 4 is 5.97 Å². The molecular formula is C11H14O4. The molecule has 0 aromatic heterocycles. The van der Waals surface area contributed by atoms with Gasteiger partial charge in [0, 0.05) is 20.6 Å². The van der Waals surface area contributed by atoms with E-state index in [4.69, 9.17) is 14.6 Å². The van der Waals surface area contributed by atoms with Gasteiger partial charge in [-0.2, -0.15) is 0 Å². The van der Waals surface area contributed by atoms with E-state index in [0.29, 0.717) is 12.0 Å². The molecule has 0 bridgehead atoms. The third kappa shape index (κ3) is 3.04. The molecule has 0 radical (unpaired) electrons. The van der Waals surface area contributed by atoms with E-state index in [-0.39, 0.29) is 5.56 Å². The van der Waals surface area contributed by atoms with E-state index in [1.165, 1.54) is 14.2 Å². The van der Waals surface area contributed by atoms with Gasteiger partial charge in [0.05, 0.1) is 5.56 Å². The molecule has 0 spiro atoms. The zero-order valence-corrected chi connectivity index (χ0v) is 8.77. The Bertz CT molecular complexity index is 331. The SMILES string of the molecule is COC(Cc1ccccc1C(=O)O)OC. The minimum Gasteiger partial charge on any atom is -0.478 e. The van der Waals surface area contributed by atoms with Crippen LogP contribution in [0.15, 0.2) is 24.3 Å². The average Bonchev–Trinajstić information content (AvgIpc) is 2.26. The molecule has 82 valence electrons. The smallest absolute Gasteiger partial charge is 0.335 e. The van der Waals surface area contributed by atoms with Gasteiger partial charge in [0.25, 0.3) is 0 Å². The summed E-state index contributed by atoms with van der Waals surface area (Å²) in [5, 5.41) is 8.94. The highest BCUT2D eigenvalue weighted by Crippen LogP contribution is 2.12. The number of hydrogen-bond acceptors (Lipinski definition) is 3. The van der Waals surface area contributed by atoms with Crippen LogP contribution in [0.4, 0.5) is 0 Å². The van der Waals surface area contributed by atoms with Gasteiger partial charge in [-0.05, 0) is 11.6 Å². The van der Waals surface area contributed by atoms with Gasteiger partial charge in [-0.1, -0.05) is 18.2 Å². The van der Waals surface area contributed by atoms with Gasteiger partial charge in [0.1, 0.15) is 0 Å². The molecule has 0 aliphatic carbocycles. The predicted molar refractivity (Wildman–Crippen MR) is 54.9 cm³/mol. The summed E-state index contributed by atoms with van der Waals surface area (Å²) >= 11 is 0. The number of carboxylic acid groups (broad SMARTS) is 1. The molecule has 0 saturated carbocycles. The van der Waals surface area contributed by atoms with Crippen molar-refractivity contribution in [3.8, 4) is 0 Å². The molecule has 0 saturated heterocycles. The lowest BCUT2D eigenvalue weighted by Gasteiger charge is -2.14. The molecule has 1 rings (SSSR count). The van der Waals surface area contributed by atoms with Gasteiger partial charge < -0.3 is 14.6 Å². The van der Waals surface area contributed by atoms with Crippen LogP contribution in [0, 0.1) is 0 Å². The van der Waals surface area contributed by atoms with Crippen molar-refractivity contribution in [2.24, 2.45) is 0 Å². The molecule has 1 aromatic rings. The quantitative estimate of drug-likeness (QED) is 0.749. The second-order valence-corrected chi connectivity index (χ2v) is 3.07. The highest BCUT2D eigenvalue weighted by molar-refractivity contribution is 5.89. The fourth-order valence-electron chi connectivity index (χ4n) is 1.35. The van der Waals surface area contributed by atoms with Crippen molar-refractivity contribution < 1.29 is 19.4 Å². The maximum Gasteiger partial charge on any atom is 0.335 e. The Labute approximate surface area is 88.4 Å². The highest BCUT2D eigenvalue weighted by Gasteiger charge is 2.13. The largest absolute Gasteiger partial charge is 0.478 e. The summed E-state index contributed by atoms with van der Waals surface area (Å²) in [5.41, 5.74) is 0.996. The number of rotatable bonds is 5. The van der Waals surface area contributed by atoms with E-state index in [9.17, 15) is 4.79 Å². The van der Waals surface area contributed by atoms with Crippen LogP contribution in [0.25, 0.3) is 0 Å². The summed E-state index contributed by atoms with van der Waals surface area (Å²) < 4.78 is 10.0. The molecule has 0 heterocycles. The first kappa shape index (κ1) is 11.7. The topological polar surface area (TPSA) is 55.8 Å². The summed E-state index contributed by atoms with van der Waals surface area (Å²) in [6.07, 6.45) is 0.0145. The molecule has 0 atom stereocenters. The molecule has 4 heteroatoms. The minimum absolute atomic E-state index is 0.289. The lowest BCUT2D eigenvalue weighted by atomic mass is 10.0. The number of aromatic carboxylic acids is 1. The molecule has 1 aromatic carbocycles. The summed E-state index contributed by atoms with van der Waals surface area (Å²) in [4.78, 5) is 10.9. The Morgan fingerprint density at radius 3 is 2.47 bits per heavy atom. The van der Waals surface area contributed by atoms with Crippen LogP contribution < -0.4 is 0 Å². The number of ether oxygens (including phenoxy) is 2. The molecule has 0 aliphatic heterocycles.